The summed E-state index contributed by atoms with van der Waals surface area (Å²) in [6.45, 7) is 2.37. The Hall–Kier alpha value is -5.61. The van der Waals surface area contributed by atoms with E-state index in [0.717, 1.165) is 218 Å². The molecule has 0 aromatic heterocycles. The molecule has 618 valence electrons. The highest BCUT2D eigenvalue weighted by Gasteiger charge is 2.29. The summed E-state index contributed by atoms with van der Waals surface area (Å²) in [5, 5.41) is 20.7. The van der Waals surface area contributed by atoms with Gasteiger partial charge in [0.05, 0.1) is 26.4 Å². The molecule has 0 rings (SSSR count). The number of phosphoric ester groups is 2. The Bertz CT molecular complexity index is 2760. The maximum atomic E-state index is 13.0. The lowest BCUT2D eigenvalue weighted by atomic mass is 10.1. The maximum absolute atomic E-state index is 13.0. The van der Waals surface area contributed by atoms with E-state index in [1.54, 1.807) is 0 Å². The smallest absolute Gasteiger partial charge is 0.463 e. The van der Waals surface area contributed by atoms with Crippen molar-refractivity contribution < 1.29 is 75.8 Å². The molecule has 109 heavy (non-hydrogen) atoms. The Morgan fingerprint density at radius 3 is 0.771 bits per heavy atom. The molecule has 0 radical (unpaired) electrons. The van der Waals surface area contributed by atoms with Gasteiger partial charge in [-0.05, 0) is 167 Å². The summed E-state index contributed by atoms with van der Waals surface area (Å²) >= 11 is 0. The minimum atomic E-state index is -4.95. The van der Waals surface area contributed by atoms with Gasteiger partial charge in [-0.3, -0.25) is 32.5 Å². The summed E-state index contributed by atoms with van der Waals surface area (Å²) in [6, 6.07) is 0. The van der Waals surface area contributed by atoms with Gasteiger partial charge in [-0.2, -0.15) is 0 Å². The molecule has 0 aliphatic heterocycles. The van der Waals surface area contributed by atoms with E-state index in [-0.39, 0.29) is 19.3 Å². The number of phosphoric acid groups is 2. The summed E-state index contributed by atoms with van der Waals surface area (Å²) < 4.78 is 61.3. The first kappa shape index (κ1) is 103. The van der Waals surface area contributed by atoms with Crippen LogP contribution < -0.4 is 0 Å². The Morgan fingerprint density at radius 2 is 0.486 bits per heavy atom. The van der Waals surface area contributed by atoms with E-state index in [2.05, 4.69) is 215 Å². The average Bonchev–Trinajstić information content (AvgIpc) is 0.903. The number of ether oxygens (including phenoxy) is 3. The van der Waals surface area contributed by atoms with E-state index in [1.807, 2.05) is 0 Å². The van der Waals surface area contributed by atoms with E-state index < -0.39 is 91.5 Å². The molecule has 0 aromatic carbocycles. The zero-order valence-electron chi connectivity index (χ0n) is 67.6. The second kappa shape index (κ2) is 81.9. The van der Waals surface area contributed by atoms with Crippen molar-refractivity contribution in [1.82, 2.24) is 0 Å². The quantitative estimate of drug-likeness (QED) is 0.0146. The molecule has 0 fully saturated rings. The first-order valence-electron chi connectivity index (χ1n) is 41.7. The summed E-state index contributed by atoms with van der Waals surface area (Å²) in [5.41, 5.74) is 0. The van der Waals surface area contributed by atoms with Gasteiger partial charge in [0.2, 0.25) is 0 Å². The third-order valence-corrected chi connectivity index (χ3v) is 18.7. The maximum Gasteiger partial charge on any atom is 0.472 e. The molecule has 0 heterocycles. The Morgan fingerprint density at radius 1 is 0.266 bits per heavy atom. The van der Waals surface area contributed by atoms with Gasteiger partial charge in [0.25, 0.3) is 0 Å². The molecule has 0 amide bonds. The lowest BCUT2D eigenvalue weighted by Crippen LogP contribution is -2.30. The van der Waals surface area contributed by atoms with E-state index in [9.17, 15) is 43.5 Å². The van der Waals surface area contributed by atoms with Crippen molar-refractivity contribution in [3.8, 4) is 0 Å². The Balaban J connectivity index is 4.77. The van der Waals surface area contributed by atoms with Crippen LogP contribution in [-0.2, 0) is 55.8 Å². The molecule has 0 saturated carbocycles. The van der Waals surface area contributed by atoms with Gasteiger partial charge < -0.3 is 34.2 Å². The van der Waals surface area contributed by atoms with Crippen LogP contribution >= 0.6 is 15.6 Å². The molecule has 0 bridgehead atoms. The van der Waals surface area contributed by atoms with E-state index in [0.29, 0.717) is 19.3 Å². The van der Waals surface area contributed by atoms with Crippen LogP contribution in [0.5, 0.6) is 0 Å². The normalized spacial score (nSPS) is 14.9. The molecular formula is C91H148O16P2. The summed E-state index contributed by atoms with van der Waals surface area (Å²) in [5.74, 6) is -1.63. The topological polar surface area (TPSA) is 231 Å². The molecular weight excluding hydrogens is 1410 g/mol. The van der Waals surface area contributed by atoms with Crippen LogP contribution in [0.2, 0.25) is 0 Å². The highest BCUT2D eigenvalue weighted by Crippen LogP contribution is 2.45. The number of aliphatic hydroxyl groups is 2. The van der Waals surface area contributed by atoms with Crippen LogP contribution in [-0.4, -0.2) is 95.9 Å². The molecule has 16 nitrogen and oxygen atoms in total. The number of hydrogen-bond acceptors (Lipinski definition) is 14. The molecule has 18 heteroatoms. The van der Waals surface area contributed by atoms with Gasteiger partial charge in [0, 0.05) is 19.3 Å². The van der Waals surface area contributed by atoms with Crippen LogP contribution in [0.4, 0.5) is 0 Å². The van der Waals surface area contributed by atoms with Gasteiger partial charge in [0.1, 0.15) is 25.4 Å². The van der Waals surface area contributed by atoms with Gasteiger partial charge >= 0.3 is 33.6 Å². The molecule has 4 N–H and O–H groups in total. The third-order valence-electron chi connectivity index (χ3n) is 16.8. The van der Waals surface area contributed by atoms with Crippen molar-refractivity contribution in [3.63, 3.8) is 0 Å². The lowest BCUT2D eigenvalue weighted by molar-refractivity contribution is -0.161. The fourth-order valence-corrected chi connectivity index (χ4v) is 12.1. The van der Waals surface area contributed by atoms with Gasteiger partial charge in [-0.15, -0.1) is 0 Å². The first-order chi connectivity index (χ1) is 53.2. The number of rotatable bonds is 77. The second-order valence-electron chi connectivity index (χ2n) is 27.2. The number of carbonyl (C=O) groups excluding carboxylic acids is 3. The number of esters is 3. The van der Waals surface area contributed by atoms with Crippen LogP contribution in [0.3, 0.4) is 0 Å². The van der Waals surface area contributed by atoms with Crippen LogP contribution in [0.15, 0.2) is 194 Å². The predicted octanol–water partition coefficient (Wildman–Crippen LogP) is 25.1. The minimum Gasteiger partial charge on any atom is -0.463 e. The van der Waals surface area contributed by atoms with Crippen molar-refractivity contribution in [3.05, 3.63) is 194 Å². The second-order valence-corrected chi connectivity index (χ2v) is 30.1. The largest absolute Gasteiger partial charge is 0.472 e. The predicted molar refractivity (Wildman–Crippen MR) is 454 cm³/mol. The lowest BCUT2D eigenvalue weighted by Gasteiger charge is -2.21. The number of carbonyl (C=O) groups is 3. The van der Waals surface area contributed by atoms with Crippen LogP contribution in [0.1, 0.15) is 303 Å². The number of unbranched alkanes of at least 4 members (excludes halogenated alkanes) is 22. The zero-order chi connectivity index (χ0) is 79.4. The van der Waals surface area contributed by atoms with Crippen molar-refractivity contribution >= 4 is 33.6 Å². The number of allylic oxidation sites excluding steroid dienone is 32. The zero-order valence-corrected chi connectivity index (χ0v) is 69.4. The van der Waals surface area contributed by atoms with E-state index in [4.69, 9.17) is 32.3 Å². The summed E-state index contributed by atoms with van der Waals surface area (Å²) in [7, 11) is -9.83. The first-order valence-corrected chi connectivity index (χ1v) is 44.7. The molecule has 0 aliphatic carbocycles. The number of aliphatic hydroxyl groups excluding tert-OH is 2. The highest BCUT2D eigenvalue weighted by atomic mass is 31.2. The molecule has 0 saturated heterocycles. The summed E-state index contributed by atoms with van der Waals surface area (Å²) in [4.78, 5) is 58.9. The molecule has 0 spiro atoms. The fourth-order valence-electron chi connectivity index (χ4n) is 10.5. The molecule has 5 atom stereocenters. The van der Waals surface area contributed by atoms with E-state index in [1.165, 1.54) is 25.7 Å². The van der Waals surface area contributed by atoms with Crippen molar-refractivity contribution in [2.24, 2.45) is 0 Å². The van der Waals surface area contributed by atoms with Crippen molar-refractivity contribution in [2.45, 2.75) is 322 Å². The standard InChI is InChI=1S/C91H148O16P2/c1-4-7-10-13-16-19-22-25-28-31-34-37-40-42-45-47-50-53-56-59-62-65-68-71-74-77-89(94)101-80-86(92)81-103-108(97,98)104-82-87(93)83-105-109(99,100)106-85-88(107-91(96)79-76-73-70-67-64-61-58-55-52-49-44-39-36-33-30-27-24-21-18-15-12-9-6-3)84-102-90(95)78-75-72-69-66-63-60-57-54-51-48-46-43-41-38-35-32-29-26-23-20-17-14-11-8-5-2/h7-8,10-11,16-21,25-30,34-39,42-43,45-46,49-54,86-88,92-93H,4-6,9,12-15,22-24,31-33,40-41,44,47-48,55-85H2,1-3H3,(H,97,98)(H,99,100)/b10-7-,11-8-,19-16-,20-17-,21-18-,28-25-,29-26-,30-27-,37-34-,38-35-,39-36-,45-42-,46-43-,52-49-,53-50-,54-51-. The van der Waals surface area contributed by atoms with Crippen LogP contribution in [0, 0.1) is 0 Å². The van der Waals surface area contributed by atoms with Crippen LogP contribution in [0.25, 0.3) is 0 Å². The SMILES string of the molecule is CC/C=C\C/C=C\C/C=C\C/C=C\C/C=C\C/C=C\CCCCCCCCC(=O)OCC(O)COP(=O)(O)OCC(O)COP(=O)(O)OCC(COC(=O)CCCCCCCC/C=C\C/C=C\C/C=C\C/C=C\C/C=C\C/C=C\CC)OC(=O)CCCCCCCCC/C=C\C/C=C\C/C=C\C/C=C\CCCCC. The van der Waals surface area contributed by atoms with Gasteiger partial charge in [0.15, 0.2) is 6.10 Å². The third kappa shape index (κ3) is 83.2. The van der Waals surface area contributed by atoms with Gasteiger partial charge in [-0.25, -0.2) is 9.13 Å². The van der Waals surface area contributed by atoms with Crippen molar-refractivity contribution in [2.75, 3.05) is 39.6 Å². The Labute approximate surface area is 661 Å². The minimum absolute atomic E-state index is 0.0804. The van der Waals surface area contributed by atoms with Crippen molar-refractivity contribution in [1.29, 1.82) is 0 Å². The fraction of sp³-hybridized carbons (Fsp3) is 0.615. The molecule has 0 aromatic rings. The number of hydrogen-bond donors (Lipinski definition) is 4. The molecule has 5 unspecified atom stereocenters. The monoisotopic (exact) mass is 1560 g/mol. The summed E-state index contributed by atoms with van der Waals surface area (Å²) in [6.07, 6.45) is 107. The van der Waals surface area contributed by atoms with Gasteiger partial charge in [-0.1, -0.05) is 312 Å². The van der Waals surface area contributed by atoms with E-state index >= 15 is 0 Å². The Kier molecular flexibility index (Phi) is 77.7. The highest BCUT2D eigenvalue weighted by molar-refractivity contribution is 7.47. The molecule has 0 aliphatic rings. The average molecular weight is 1560 g/mol.